The third kappa shape index (κ3) is 7.82. The summed E-state index contributed by atoms with van der Waals surface area (Å²) in [6.45, 7) is 6.19. The molecule has 0 fully saturated rings. The zero-order chi connectivity index (χ0) is 28.5. The van der Waals surface area contributed by atoms with Crippen LogP contribution in [0.25, 0.3) is 17.3 Å². The van der Waals surface area contributed by atoms with Crippen molar-refractivity contribution in [3.05, 3.63) is 68.0 Å². The standard InChI is InChI=1S/C29H32Cl2N2O5S/c1-5-7-8-12-25(38-6-2)20-11-9-10-19(26(20)37-4)24-16-39-29(32-24)33-27(34)18-14-22(30)21(23(31)15-18)13-17(3)28(35)36/h9-11,13-16,25H,5-8,12H2,1-4H3,(H,35,36)(H,32,33,34). The molecule has 1 heterocycles. The summed E-state index contributed by atoms with van der Waals surface area (Å²) in [4.78, 5) is 28.7. The number of benzene rings is 2. The first-order chi connectivity index (χ1) is 18.7. The number of hydrogen-bond donors (Lipinski definition) is 2. The average molecular weight is 592 g/mol. The van der Waals surface area contributed by atoms with E-state index >= 15 is 0 Å². The third-order valence-corrected chi connectivity index (χ3v) is 7.46. The van der Waals surface area contributed by atoms with Gasteiger partial charge in [0.05, 0.1) is 29.0 Å². The highest BCUT2D eigenvalue weighted by Crippen LogP contribution is 2.40. The lowest BCUT2D eigenvalue weighted by Crippen LogP contribution is -2.12. The molecule has 0 aliphatic carbocycles. The van der Waals surface area contributed by atoms with Gasteiger partial charge >= 0.3 is 5.97 Å². The molecule has 10 heteroatoms. The van der Waals surface area contributed by atoms with Crippen molar-refractivity contribution in [2.75, 3.05) is 19.0 Å². The number of amides is 1. The van der Waals surface area contributed by atoms with Crippen molar-refractivity contribution < 1.29 is 24.2 Å². The van der Waals surface area contributed by atoms with Crippen molar-refractivity contribution in [3.63, 3.8) is 0 Å². The van der Waals surface area contributed by atoms with E-state index in [2.05, 4.69) is 17.2 Å². The van der Waals surface area contributed by atoms with Gasteiger partial charge in [-0.25, -0.2) is 9.78 Å². The van der Waals surface area contributed by atoms with Crippen LogP contribution in [0, 0.1) is 0 Å². The maximum atomic E-state index is 13.0. The van der Waals surface area contributed by atoms with E-state index in [1.807, 2.05) is 30.5 Å². The van der Waals surface area contributed by atoms with Crippen LogP contribution in [0.15, 0.2) is 41.3 Å². The fourth-order valence-electron chi connectivity index (χ4n) is 4.10. The van der Waals surface area contributed by atoms with E-state index in [9.17, 15) is 9.59 Å². The van der Waals surface area contributed by atoms with Gasteiger partial charge in [-0.15, -0.1) is 11.3 Å². The van der Waals surface area contributed by atoms with E-state index in [0.29, 0.717) is 28.7 Å². The number of hydrogen-bond acceptors (Lipinski definition) is 6. The van der Waals surface area contributed by atoms with Gasteiger partial charge in [-0.2, -0.15) is 0 Å². The minimum absolute atomic E-state index is 0.0688. The summed E-state index contributed by atoms with van der Waals surface area (Å²) in [6, 6.07) is 8.80. The van der Waals surface area contributed by atoms with Gasteiger partial charge < -0.3 is 14.6 Å². The molecule has 3 aromatic rings. The first-order valence-electron chi connectivity index (χ1n) is 12.7. The second-order valence-corrected chi connectivity index (χ2v) is 10.5. The van der Waals surface area contributed by atoms with Crippen LogP contribution in [-0.4, -0.2) is 35.7 Å². The molecule has 2 aromatic carbocycles. The van der Waals surface area contributed by atoms with Gasteiger partial charge in [-0.3, -0.25) is 10.1 Å². The monoisotopic (exact) mass is 590 g/mol. The lowest BCUT2D eigenvalue weighted by Gasteiger charge is -2.21. The molecular formula is C29H32Cl2N2O5S. The molecule has 0 saturated heterocycles. The predicted octanol–water partition coefficient (Wildman–Crippen LogP) is 8.52. The summed E-state index contributed by atoms with van der Waals surface area (Å²) in [5.41, 5.74) is 3.07. The number of methoxy groups -OCH3 is 1. The maximum absolute atomic E-state index is 13.0. The Morgan fingerprint density at radius 3 is 2.51 bits per heavy atom. The highest BCUT2D eigenvalue weighted by molar-refractivity contribution is 7.14. The van der Waals surface area contributed by atoms with Gasteiger partial charge in [0.1, 0.15) is 5.75 Å². The molecule has 0 radical (unpaired) electrons. The molecule has 2 N–H and O–H groups in total. The van der Waals surface area contributed by atoms with Crippen LogP contribution in [0.1, 0.15) is 74.0 Å². The first-order valence-corrected chi connectivity index (χ1v) is 14.3. The Balaban J connectivity index is 1.85. The van der Waals surface area contributed by atoms with Crippen molar-refractivity contribution in [1.29, 1.82) is 0 Å². The predicted molar refractivity (Wildman–Crippen MR) is 158 cm³/mol. The molecule has 1 unspecified atom stereocenters. The summed E-state index contributed by atoms with van der Waals surface area (Å²) in [5, 5.41) is 14.5. The van der Waals surface area contributed by atoms with Crippen LogP contribution in [0.4, 0.5) is 5.13 Å². The Kier molecular flexibility index (Phi) is 11.4. The molecule has 3 rings (SSSR count). The number of aliphatic carboxylic acids is 1. The number of carboxylic acid groups (broad SMARTS) is 1. The first kappa shape index (κ1) is 30.6. The molecule has 1 aromatic heterocycles. The molecule has 7 nitrogen and oxygen atoms in total. The van der Waals surface area contributed by atoms with Crippen LogP contribution < -0.4 is 10.1 Å². The van der Waals surface area contributed by atoms with Crippen molar-refractivity contribution in [1.82, 2.24) is 4.98 Å². The van der Waals surface area contributed by atoms with Gasteiger partial charge in [-0.05, 0) is 44.5 Å². The molecule has 39 heavy (non-hydrogen) atoms. The second-order valence-electron chi connectivity index (χ2n) is 8.85. The van der Waals surface area contributed by atoms with E-state index in [1.54, 1.807) is 7.11 Å². The Labute approximate surface area is 242 Å². The van der Waals surface area contributed by atoms with E-state index < -0.39 is 11.9 Å². The lowest BCUT2D eigenvalue weighted by atomic mass is 9.98. The SMILES string of the molecule is CCCCCC(OCC)c1cccc(-c2csc(NC(=O)c3cc(Cl)c(C=C(C)C(=O)O)c(Cl)c3)n2)c1OC. The van der Waals surface area contributed by atoms with Crippen molar-refractivity contribution in [2.45, 2.75) is 52.6 Å². The second kappa shape index (κ2) is 14.5. The summed E-state index contributed by atoms with van der Waals surface area (Å²) >= 11 is 13.9. The topological polar surface area (TPSA) is 97.8 Å². The number of carbonyl (C=O) groups excluding carboxylic acids is 1. The number of carboxylic acids is 1. The van der Waals surface area contributed by atoms with Gasteiger partial charge in [0, 0.05) is 39.8 Å². The highest BCUT2D eigenvalue weighted by Gasteiger charge is 2.21. The zero-order valence-electron chi connectivity index (χ0n) is 22.3. The normalized spacial score (nSPS) is 12.3. The number of carbonyl (C=O) groups is 2. The van der Waals surface area contributed by atoms with Gasteiger partial charge in [0.2, 0.25) is 0 Å². The van der Waals surface area contributed by atoms with Crippen LogP contribution in [-0.2, 0) is 9.53 Å². The van der Waals surface area contributed by atoms with E-state index in [-0.39, 0.29) is 27.3 Å². The molecule has 1 amide bonds. The summed E-state index contributed by atoms with van der Waals surface area (Å²) in [5.74, 6) is -0.830. The van der Waals surface area contributed by atoms with Crippen molar-refractivity contribution in [2.24, 2.45) is 0 Å². The molecule has 0 bridgehead atoms. The van der Waals surface area contributed by atoms with Crippen LogP contribution in [0.3, 0.4) is 0 Å². The molecule has 0 aliphatic heterocycles. The summed E-state index contributed by atoms with van der Waals surface area (Å²) < 4.78 is 11.9. The van der Waals surface area contributed by atoms with Crippen molar-refractivity contribution in [3.8, 4) is 17.0 Å². The third-order valence-electron chi connectivity index (χ3n) is 6.07. The van der Waals surface area contributed by atoms with Crippen molar-refractivity contribution >= 4 is 57.6 Å². The Bertz CT molecular complexity index is 1330. The number of halogens is 2. The number of ether oxygens (including phenoxy) is 2. The number of rotatable bonds is 13. The van der Waals surface area contributed by atoms with Crippen LogP contribution in [0.2, 0.25) is 10.0 Å². The van der Waals surface area contributed by atoms with Gasteiger partial charge in [-0.1, -0.05) is 61.5 Å². The minimum Gasteiger partial charge on any atom is -0.496 e. The summed E-state index contributed by atoms with van der Waals surface area (Å²) in [6.07, 6.45) is 5.51. The fraction of sp³-hybridized carbons (Fsp3) is 0.345. The number of nitrogens with one attached hydrogen (secondary N) is 1. The fourth-order valence-corrected chi connectivity index (χ4v) is 5.40. The Morgan fingerprint density at radius 2 is 1.90 bits per heavy atom. The summed E-state index contributed by atoms with van der Waals surface area (Å²) in [7, 11) is 1.64. The Morgan fingerprint density at radius 1 is 1.18 bits per heavy atom. The lowest BCUT2D eigenvalue weighted by molar-refractivity contribution is -0.132. The number of nitrogens with zero attached hydrogens (tertiary/aromatic N) is 1. The molecule has 0 saturated carbocycles. The molecule has 0 aliphatic rings. The molecular weight excluding hydrogens is 559 g/mol. The number of unbranched alkanes of at least 4 members (excludes halogenated alkanes) is 2. The van der Waals surface area contributed by atoms with E-state index in [4.69, 9.17) is 37.8 Å². The largest absolute Gasteiger partial charge is 0.496 e. The number of para-hydroxylation sites is 1. The quantitative estimate of drug-likeness (QED) is 0.153. The minimum atomic E-state index is -1.09. The number of anilines is 1. The molecule has 1 atom stereocenters. The zero-order valence-corrected chi connectivity index (χ0v) is 24.7. The van der Waals surface area contributed by atoms with E-state index in [1.165, 1.54) is 36.5 Å². The number of aromatic nitrogens is 1. The highest BCUT2D eigenvalue weighted by atomic mass is 35.5. The van der Waals surface area contributed by atoms with Crippen LogP contribution in [0.5, 0.6) is 5.75 Å². The van der Waals surface area contributed by atoms with Crippen LogP contribution >= 0.6 is 34.5 Å². The smallest absolute Gasteiger partial charge is 0.331 e. The Hall–Kier alpha value is -2.91. The van der Waals surface area contributed by atoms with Gasteiger partial charge in [0.15, 0.2) is 5.13 Å². The maximum Gasteiger partial charge on any atom is 0.331 e. The average Bonchev–Trinajstić information content (AvgIpc) is 3.37. The molecule has 0 spiro atoms. The van der Waals surface area contributed by atoms with E-state index in [0.717, 1.165) is 36.8 Å². The number of thiazole rings is 1. The van der Waals surface area contributed by atoms with Gasteiger partial charge in [0.25, 0.3) is 5.91 Å². The molecule has 208 valence electrons.